The van der Waals surface area contributed by atoms with Crippen LogP contribution in [0.15, 0.2) is 18.2 Å². The summed E-state index contributed by atoms with van der Waals surface area (Å²) in [4.78, 5) is 14.3. The molecule has 2 fully saturated rings. The van der Waals surface area contributed by atoms with Gasteiger partial charge in [0.05, 0.1) is 11.7 Å². The minimum atomic E-state index is -0.697. The second-order valence-corrected chi connectivity index (χ2v) is 6.03. The minimum Gasteiger partial charge on any atom is -0.508 e. The Balaban J connectivity index is 1.82. The van der Waals surface area contributed by atoms with Crippen LogP contribution in [0.5, 0.6) is 5.75 Å². The van der Waals surface area contributed by atoms with E-state index in [1.807, 2.05) is 0 Å². The van der Waals surface area contributed by atoms with Gasteiger partial charge in [-0.05, 0) is 37.8 Å². The van der Waals surface area contributed by atoms with E-state index in [9.17, 15) is 19.4 Å². The fraction of sp³-hybridized carbons (Fsp3) is 0.562. The monoisotopic (exact) mass is 293 g/mol. The second kappa shape index (κ2) is 5.64. The molecule has 2 aliphatic rings. The van der Waals surface area contributed by atoms with Crippen LogP contribution in [0.1, 0.15) is 42.5 Å². The number of nitrogens with zero attached hydrogens (tertiary/aromatic N) is 1. The quantitative estimate of drug-likeness (QED) is 0.879. The number of rotatable bonds is 2. The first kappa shape index (κ1) is 14.3. The summed E-state index contributed by atoms with van der Waals surface area (Å²) in [6.07, 6.45) is 4.10. The lowest BCUT2D eigenvalue weighted by molar-refractivity contribution is 0.0524. The maximum absolute atomic E-state index is 13.9. The van der Waals surface area contributed by atoms with Gasteiger partial charge in [-0.15, -0.1) is 0 Å². The first-order chi connectivity index (χ1) is 10.1. The molecule has 1 heterocycles. The summed E-state index contributed by atoms with van der Waals surface area (Å²) in [5, 5.41) is 19.3. The summed E-state index contributed by atoms with van der Waals surface area (Å²) >= 11 is 0. The molecule has 0 spiro atoms. The van der Waals surface area contributed by atoms with Crippen molar-refractivity contribution in [2.45, 2.75) is 44.2 Å². The topological polar surface area (TPSA) is 60.8 Å². The lowest BCUT2D eigenvalue weighted by Crippen LogP contribution is -2.42. The average molecular weight is 293 g/mol. The largest absolute Gasteiger partial charge is 0.508 e. The number of aliphatic hydroxyl groups excluding tert-OH is 1. The van der Waals surface area contributed by atoms with E-state index in [0.717, 1.165) is 38.2 Å². The van der Waals surface area contributed by atoms with Crippen molar-refractivity contribution in [3.05, 3.63) is 29.6 Å². The van der Waals surface area contributed by atoms with E-state index in [4.69, 9.17) is 0 Å². The van der Waals surface area contributed by atoms with Crippen molar-refractivity contribution in [2.24, 2.45) is 5.92 Å². The van der Waals surface area contributed by atoms with Crippen LogP contribution < -0.4 is 0 Å². The molecule has 1 aliphatic carbocycles. The molecule has 3 atom stereocenters. The lowest BCUT2D eigenvalue weighted by atomic mass is 9.93. The molecule has 5 heteroatoms. The zero-order valence-electron chi connectivity index (χ0n) is 11.8. The molecular formula is C16H20FNO3. The predicted octanol–water partition coefficient (Wildman–Crippen LogP) is 2.30. The SMILES string of the molecule is O=C(c1ccc(O)cc1F)N1CCCC1C1CCCC1O. The fourth-order valence-electron chi connectivity index (χ4n) is 3.74. The van der Waals surface area contributed by atoms with Crippen molar-refractivity contribution in [1.29, 1.82) is 0 Å². The summed E-state index contributed by atoms with van der Waals surface area (Å²) in [5.74, 6) is -1.11. The molecule has 3 unspecified atom stereocenters. The lowest BCUT2D eigenvalue weighted by Gasteiger charge is -2.31. The maximum atomic E-state index is 13.9. The molecular weight excluding hydrogens is 273 g/mol. The number of aromatic hydroxyl groups is 1. The Hall–Kier alpha value is -1.62. The van der Waals surface area contributed by atoms with E-state index in [-0.39, 0.29) is 35.3 Å². The first-order valence-corrected chi connectivity index (χ1v) is 7.55. The highest BCUT2D eigenvalue weighted by atomic mass is 19.1. The molecule has 21 heavy (non-hydrogen) atoms. The smallest absolute Gasteiger partial charge is 0.257 e. The van der Waals surface area contributed by atoms with E-state index >= 15 is 0 Å². The normalized spacial score (nSPS) is 29.0. The summed E-state index contributed by atoms with van der Waals surface area (Å²) in [5.41, 5.74) is -0.00723. The predicted molar refractivity (Wildman–Crippen MR) is 75.5 cm³/mol. The zero-order valence-corrected chi connectivity index (χ0v) is 11.8. The van der Waals surface area contributed by atoms with Crippen molar-refractivity contribution in [3.63, 3.8) is 0 Å². The highest BCUT2D eigenvalue weighted by Crippen LogP contribution is 2.36. The Kier molecular flexibility index (Phi) is 3.85. The second-order valence-electron chi connectivity index (χ2n) is 6.03. The maximum Gasteiger partial charge on any atom is 0.257 e. The Bertz CT molecular complexity index is 548. The Morgan fingerprint density at radius 3 is 2.71 bits per heavy atom. The number of aliphatic hydroxyl groups is 1. The number of benzene rings is 1. The van der Waals surface area contributed by atoms with Crippen LogP contribution in [-0.2, 0) is 0 Å². The number of carbonyl (C=O) groups is 1. The van der Waals surface area contributed by atoms with E-state index in [0.29, 0.717) is 6.54 Å². The standard InChI is InChI=1S/C16H20FNO3/c17-13-9-10(19)6-7-11(13)16(21)18-8-2-4-14(18)12-3-1-5-15(12)20/h6-7,9,12,14-15,19-20H,1-5,8H2. The van der Waals surface area contributed by atoms with E-state index in [1.165, 1.54) is 12.1 Å². The molecule has 114 valence electrons. The van der Waals surface area contributed by atoms with Gasteiger partial charge in [0.25, 0.3) is 5.91 Å². The van der Waals surface area contributed by atoms with Crippen molar-refractivity contribution in [2.75, 3.05) is 6.54 Å². The number of phenolic OH excluding ortho intramolecular Hbond substituents is 1. The molecule has 0 bridgehead atoms. The van der Waals surface area contributed by atoms with Gasteiger partial charge in [-0.2, -0.15) is 0 Å². The highest BCUT2D eigenvalue weighted by molar-refractivity contribution is 5.95. The van der Waals surface area contributed by atoms with Gasteiger partial charge >= 0.3 is 0 Å². The Labute approximate surface area is 123 Å². The van der Waals surface area contributed by atoms with Gasteiger partial charge in [0, 0.05) is 24.6 Å². The van der Waals surface area contributed by atoms with Crippen LogP contribution in [-0.4, -0.2) is 39.7 Å². The minimum absolute atomic E-state index is 0.00297. The molecule has 1 amide bonds. The number of halogens is 1. The van der Waals surface area contributed by atoms with Crippen LogP contribution in [0.4, 0.5) is 4.39 Å². The van der Waals surface area contributed by atoms with E-state index in [2.05, 4.69) is 0 Å². The van der Waals surface area contributed by atoms with Crippen LogP contribution in [0.2, 0.25) is 0 Å². The Morgan fingerprint density at radius 2 is 2.05 bits per heavy atom. The third-order valence-electron chi connectivity index (χ3n) is 4.77. The third kappa shape index (κ3) is 2.62. The van der Waals surface area contributed by atoms with Gasteiger partial charge in [-0.1, -0.05) is 6.42 Å². The van der Waals surface area contributed by atoms with Gasteiger partial charge < -0.3 is 15.1 Å². The highest BCUT2D eigenvalue weighted by Gasteiger charge is 2.40. The summed E-state index contributed by atoms with van der Waals surface area (Å²) in [6, 6.07) is 3.62. The molecule has 1 aromatic rings. The molecule has 0 aromatic heterocycles. The zero-order chi connectivity index (χ0) is 15.0. The Morgan fingerprint density at radius 1 is 1.24 bits per heavy atom. The third-order valence-corrected chi connectivity index (χ3v) is 4.77. The number of phenols is 1. The van der Waals surface area contributed by atoms with Crippen molar-refractivity contribution < 1.29 is 19.4 Å². The van der Waals surface area contributed by atoms with Crippen molar-refractivity contribution >= 4 is 5.91 Å². The summed E-state index contributed by atoms with van der Waals surface area (Å²) in [6.45, 7) is 0.604. The summed E-state index contributed by atoms with van der Waals surface area (Å²) in [7, 11) is 0. The molecule has 3 rings (SSSR count). The average Bonchev–Trinajstić information content (AvgIpc) is 3.06. The van der Waals surface area contributed by atoms with E-state index < -0.39 is 5.82 Å². The molecule has 2 N–H and O–H groups in total. The number of carbonyl (C=O) groups excluding carboxylic acids is 1. The number of hydrogen-bond donors (Lipinski definition) is 2. The van der Waals surface area contributed by atoms with Crippen LogP contribution in [0.3, 0.4) is 0 Å². The van der Waals surface area contributed by atoms with Gasteiger partial charge in [0.15, 0.2) is 0 Å². The van der Waals surface area contributed by atoms with Crippen molar-refractivity contribution in [3.8, 4) is 5.75 Å². The van der Waals surface area contributed by atoms with Gasteiger partial charge in [0.1, 0.15) is 11.6 Å². The van der Waals surface area contributed by atoms with Crippen LogP contribution in [0, 0.1) is 11.7 Å². The molecule has 1 aliphatic heterocycles. The number of likely N-dealkylation sites (tertiary alicyclic amines) is 1. The molecule has 1 saturated heterocycles. The van der Waals surface area contributed by atoms with Crippen LogP contribution >= 0.6 is 0 Å². The first-order valence-electron chi connectivity index (χ1n) is 7.55. The molecule has 1 saturated carbocycles. The fourth-order valence-corrected chi connectivity index (χ4v) is 3.74. The molecule has 1 aromatic carbocycles. The van der Waals surface area contributed by atoms with Crippen molar-refractivity contribution in [1.82, 2.24) is 4.90 Å². The number of amides is 1. The molecule has 4 nitrogen and oxygen atoms in total. The van der Waals surface area contributed by atoms with Gasteiger partial charge in [-0.3, -0.25) is 4.79 Å². The number of hydrogen-bond acceptors (Lipinski definition) is 3. The van der Waals surface area contributed by atoms with Gasteiger partial charge in [-0.25, -0.2) is 4.39 Å². The molecule has 0 radical (unpaired) electrons. The van der Waals surface area contributed by atoms with E-state index in [1.54, 1.807) is 4.90 Å². The van der Waals surface area contributed by atoms with Gasteiger partial charge in [0.2, 0.25) is 0 Å². The van der Waals surface area contributed by atoms with Crippen LogP contribution in [0.25, 0.3) is 0 Å². The summed E-state index contributed by atoms with van der Waals surface area (Å²) < 4.78 is 13.9.